The molecule has 3 aromatic rings. The number of aliphatic carboxylic acids is 1. The summed E-state index contributed by atoms with van der Waals surface area (Å²) in [6, 6.07) is 10.9. The number of hydrogen-bond donors (Lipinski definition) is 3. The Morgan fingerprint density at radius 1 is 1.19 bits per heavy atom. The maximum absolute atomic E-state index is 11.9. The van der Waals surface area contributed by atoms with Gasteiger partial charge in [0, 0.05) is 40.5 Å². The van der Waals surface area contributed by atoms with Crippen molar-refractivity contribution < 1.29 is 27.5 Å². The van der Waals surface area contributed by atoms with E-state index in [1.165, 1.54) is 0 Å². The summed E-state index contributed by atoms with van der Waals surface area (Å²) in [6.45, 7) is 1.55. The van der Waals surface area contributed by atoms with Gasteiger partial charge < -0.3 is 20.6 Å². The van der Waals surface area contributed by atoms with Gasteiger partial charge in [0.05, 0.1) is 5.52 Å². The first-order valence-electron chi connectivity index (χ1n) is 8.85. The van der Waals surface area contributed by atoms with Crippen LogP contribution in [0.2, 0.25) is 10.0 Å². The second kappa shape index (κ2) is 10.6. The first kappa shape index (κ1) is 24.6. The Labute approximate surface area is 184 Å². The molecule has 1 heterocycles. The monoisotopic (exact) mass is 479 g/mol. The van der Waals surface area contributed by atoms with Gasteiger partial charge >= 0.3 is 17.9 Å². The molecular weight excluding hydrogens is 462 g/mol. The van der Waals surface area contributed by atoms with Crippen molar-refractivity contribution in [1.29, 1.82) is 0 Å². The fraction of sp³-hybridized carbons (Fsp3) is 0.263. The molecule has 0 radical (unpaired) electrons. The Kier molecular flexibility index (Phi) is 8.37. The average molecular weight is 480 g/mol. The number of benzene rings is 2. The number of alkyl halides is 3. The lowest BCUT2D eigenvalue weighted by Crippen LogP contribution is -2.21. The smallest absolute Gasteiger partial charge is 0.475 e. The van der Waals surface area contributed by atoms with Crippen molar-refractivity contribution >= 4 is 46.0 Å². The van der Waals surface area contributed by atoms with Gasteiger partial charge in [-0.25, -0.2) is 9.59 Å². The van der Waals surface area contributed by atoms with Gasteiger partial charge in [-0.3, -0.25) is 4.57 Å². The quantitative estimate of drug-likeness (QED) is 0.480. The van der Waals surface area contributed by atoms with Crippen LogP contribution in [0.4, 0.5) is 18.9 Å². The molecule has 0 spiro atoms. The van der Waals surface area contributed by atoms with Gasteiger partial charge in [0.1, 0.15) is 0 Å². The molecule has 0 atom stereocenters. The van der Waals surface area contributed by atoms with Gasteiger partial charge in [0.25, 0.3) is 0 Å². The molecular formula is C19H18Cl2F3N3O4. The summed E-state index contributed by atoms with van der Waals surface area (Å²) in [6.07, 6.45) is -4.36. The van der Waals surface area contributed by atoms with Gasteiger partial charge in [-0.2, -0.15) is 13.2 Å². The molecule has 0 aliphatic heterocycles. The summed E-state index contributed by atoms with van der Waals surface area (Å²) in [5.41, 5.74) is 8.44. The highest BCUT2D eigenvalue weighted by Crippen LogP contribution is 2.26. The topological polar surface area (TPSA) is 110 Å². The largest absolute Gasteiger partial charge is 0.490 e. The zero-order valence-corrected chi connectivity index (χ0v) is 17.4. The molecule has 4 N–H and O–H groups in total. The summed E-state index contributed by atoms with van der Waals surface area (Å²) in [5.74, 6) is -3.13. The summed E-state index contributed by atoms with van der Waals surface area (Å²) < 4.78 is 38.6. The Bertz CT molecular complexity index is 1090. The minimum Gasteiger partial charge on any atom is -0.475 e. The third kappa shape index (κ3) is 6.65. The van der Waals surface area contributed by atoms with Crippen LogP contribution in [0.3, 0.4) is 0 Å². The minimum atomic E-state index is -5.08. The number of halogens is 5. The average Bonchev–Trinajstić information content (AvgIpc) is 3.00. The van der Waals surface area contributed by atoms with Crippen LogP contribution in [0.5, 0.6) is 0 Å². The molecule has 0 aliphatic rings. The first-order chi connectivity index (χ1) is 14.5. The number of nitrogens with one attached hydrogen (secondary N) is 1. The number of hydrogen-bond acceptors (Lipinski definition) is 5. The fourth-order valence-corrected chi connectivity index (χ4v) is 3.06. The van der Waals surface area contributed by atoms with E-state index in [0.717, 1.165) is 23.2 Å². The van der Waals surface area contributed by atoms with Crippen LogP contribution < -0.4 is 16.8 Å². The van der Waals surface area contributed by atoms with Gasteiger partial charge in [-0.05, 0) is 37.2 Å². The molecule has 3 rings (SSSR count). The van der Waals surface area contributed by atoms with E-state index in [2.05, 4.69) is 5.32 Å². The standard InChI is InChI=1S/C17H17Cl2N3O2.C2HF3O2/c18-13-3-1-4-14(19)12(13)10-21-11-5-6-15-16(9-11)24-17(23)22(15)8-2-7-20;3-2(4,5)1(6)7/h1,3-6,9,21H,2,7-8,10,20H2;(H,6,7). The molecule has 0 amide bonds. The number of oxazole rings is 1. The number of rotatable bonds is 6. The summed E-state index contributed by atoms with van der Waals surface area (Å²) in [5, 5.41) is 11.6. The summed E-state index contributed by atoms with van der Waals surface area (Å²) in [4.78, 5) is 20.8. The van der Waals surface area contributed by atoms with Crippen molar-refractivity contribution in [2.45, 2.75) is 25.7 Å². The summed E-state index contributed by atoms with van der Waals surface area (Å²) in [7, 11) is 0. The number of nitrogens with zero attached hydrogens (tertiary/aromatic N) is 1. The third-order valence-corrected chi connectivity index (χ3v) is 4.74. The van der Waals surface area contributed by atoms with Crippen molar-refractivity contribution in [2.75, 3.05) is 11.9 Å². The van der Waals surface area contributed by atoms with Gasteiger partial charge in [0.15, 0.2) is 5.58 Å². The highest BCUT2D eigenvalue weighted by atomic mass is 35.5. The zero-order valence-electron chi connectivity index (χ0n) is 15.9. The zero-order chi connectivity index (χ0) is 23.2. The van der Waals surface area contributed by atoms with E-state index in [4.69, 9.17) is 43.3 Å². The van der Waals surface area contributed by atoms with Crippen LogP contribution in [0.15, 0.2) is 45.6 Å². The fourth-order valence-electron chi connectivity index (χ4n) is 2.53. The number of aryl methyl sites for hydroxylation is 1. The van der Waals surface area contributed by atoms with Crippen LogP contribution >= 0.6 is 23.2 Å². The maximum atomic E-state index is 11.9. The number of anilines is 1. The van der Waals surface area contributed by atoms with E-state index in [9.17, 15) is 18.0 Å². The Balaban J connectivity index is 0.000000423. The van der Waals surface area contributed by atoms with Gasteiger partial charge in [0.2, 0.25) is 0 Å². The van der Waals surface area contributed by atoms with E-state index in [1.54, 1.807) is 28.8 Å². The van der Waals surface area contributed by atoms with Crippen LogP contribution in [0.1, 0.15) is 12.0 Å². The molecule has 0 fully saturated rings. The second-order valence-corrected chi connectivity index (χ2v) is 7.02. The lowest BCUT2D eigenvalue weighted by atomic mass is 10.2. The molecule has 0 aliphatic carbocycles. The van der Waals surface area contributed by atoms with E-state index in [-0.39, 0.29) is 5.76 Å². The Hall–Kier alpha value is -2.69. The van der Waals surface area contributed by atoms with Crippen molar-refractivity contribution in [1.82, 2.24) is 4.57 Å². The molecule has 1 aromatic heterocycles. The number of carbonyl (C=O) groups is 1. The minimum absolute atomic E-state index is 0.371. The number of aromatic nitrogens is 1. The molecule has 2 aromatic carbocycles. The molecule has 7 nitrogen and oxygen atoms in total. The number of fused-ring (bicyclic) bond motifs is 1. The number of carboxylic acid groups (broad SMARTS) is 1. The van der Waals surface area contributed by atoms with Gasteiger partial charge in [-0.1, -0.05) is 29.3 Å². The first-order valence-corrected chi connectivity index (χ1v) is 9.60. The Morgan fingerprint density at radius 3 is 2.35 bits per heavy atom. The number of nitrogens with two attached hydrogens (primary N) is 1. The van der Waals surface area contributed by atoms with E-state index in [1.807, 2.05) is 12.1 Å². The van der Waals surface area contributed by atoms with E-state index < -0.39 is 12.1 Å². The Morgan fingerprint density at radius 2 is 1.81 bits per heavy atom. The summed E-state index contributed by atoms with van der Waals surface area (Å²) >= 11 is 12.3. The number of carboxylic acids is 1. The molecule has 0 saturated carbocycles. The predicted molar refractivity (Wildman–Crippen MR) is 112 cm³/mol. The second-order valence-electron chi connectivity index (χ2n) is 6.20. The van der Waals surface area contributed by atoms with Crippen molar-refractivity contribution in [3.05, 3.63) is 62.6 Å². The molecule has 0 bridgehead atoms. The van der Waals surface area contributed by atoms with Crippen molar-refractivity contribution in [2.24, 2.45) is 5.73 Å². The highest BCUT2D eigenvalue weighted by Gasteiger charge is 2.38. The molecule has 12 heteroatoms. The van der Waals surface area contributed by atoms with E-state index in [0.29, 0.717) is 35.3 Å². The molecule has 31 heavy (non-hydrogen) atoms. The molecule has 168 valence electrons. The van der Waals surface area contributed by atoms with Crippen molar-refractivity contribution in [3.8, 4) is 0 Å². The third-order valence-electron chi connectivity index (χ3n) is 4.03. The normalized spacial score (nSPS) is 11.2. The van der Waals surface area contributed by atoms with Crippen molar-refractivity contribution in [3.63, 3.8) is 0 Å². The molecule has 0 saturated heterocycles. The van der Waals surface area contributed by atoms with Crippen LogP contribution in [0.25, 0.3) is 11.1 Å². The van der Waals surface area contributed by atoms with Crippen LogP contribution in [-0.4, -0.2) is 28.4 Å². The van der Waals surface area contributed by atoms with Gasteiger partial charge in [-0.15, -0.1) is 0 Å². The SMILES string of the molecule is NCCCn1c(=O)oc2cc(NCc3c(Cl)cccc3Cl)ccc21.O=C(O)C(F)(F)F. The maximum Gasteiger partial charge on any atom is 0.490 e. The highest BCUT2D eigenvalue weighted by molar-refractivity contribution is 6.36. The van der Waals surface area contributed by atoms with Crippen LogP contribution in [-0.2, 0) is 17.9 Å². The lowest BCUT2D eigenvalue weighted by molar-refractivity contribution is -0.192. The van der Waals surface area contributed by atoms with Crippen LogP contribution in [0, 0.1) is 0 Å². The predicted octanol–water partition coefficient (Wildman–Crippen LogP) is 4.50. The lowest BCUT2D eigenvalue weighted by Gasteiger charge is -2.10. The van der Waals surface area contributed by atoms with E-state index >= 15 is 0 Å². The molecule has 0 unspecified atom stereocenters.